The molecule has 1 aliphatic heterocycles. The van der Waals surface area contributed by atoms with Gasteiger partial charge in [0.15, 0.2) is 5.82 Å². The van der Waals surface area contributed by atoms with E-state index in [9.17, 15) is 4.79 Å². The molecule has 2 aromatic heterocycles. The molecule has 1 amide bonds. The van der Waals surface area contributed by atoms with Crippen LogP contribution in [-0.2, 0) is 4.79 Å². The lowest BCUT2D eigenvalue weighted by atomic mass is 10.1. The molecule has 0 saturated carbocycles. The molecule has 1 N–H and O–H groups in total. The van der Waals surface area contributed by atoms with Crippen molar-refractivity contribution >= 4 is 22.6 Å². The van der Waals surface area contributed by atoms with Gasteiger partial charge in [0.05, 0.1) is 12.1 Å². The molecule has 0 bridgehead atoms. The first-order chi connectivity index (χ1) is 12.3. The zero-order chi connectivity index (χ0) is 17.1. The average Bonchev–Trinajstić information content (AvgIpc) is 3.14. The van der Waals surface area contributed by atoms with Crippen molar-refractivity contribution in [1.82, 2.24) is 20.1 Å². The van der Waals surface area contributed by atoms with E-state index in [1.165, 1.54) is 12.8 Å². The van der Waals surface area contributed by atoms with Gasteiger partial charge in [0.2, 0.25) is 5.91 Å². The van der Waals surface area contributed by atoms with Crippen LogP contribution in [0.4, 0.5) is 5.82 Å². The number of hydrogen-bond acceptors (Lipinski definition) is 5. The van der Waals surface area contributed by atoms with Gasteiger partial charge in [0.1, 0.15) is 0 Å². The summed E-state index contributed by atoms with van der Waals surface area (Å²) in [4.78, 5) is 18.5. The van der Waals surface area contributed by atoms with Crippen LogP contribution in [0, 0.1) is 0 Å². The number of aromatic nitrogens is 3. The number of hydrogen-bond donors (Lipinski definition) is 1. The second-order valence-corrected chi connectivity index (χ2v) is 6.28. The molecule has 4 rings (SSSR count). The van der Waals surface area contributed by atoms with Crippen molar-refractivity contribution < 1.29 is 4.79 Å². The molecule has 126 valence electrons. The third-order valence-electron chi connectivity index (χ3n) is 4.41. The Labute approximate surface area is 145 Å². The van der Waals surface area contributed by atoms with Crippen LogP contribution in [0.15, 0.2) is 48.8 Å². The van der Waals surface area contributed by atoms with Crippen LogP contribution < -0.4 is 5.32 Å². The summed E-state index contributed by atoms with van der Waals surface area (Å²) in [5.74, 6) is 0.444. The van der Waals surface area contributed by atoms with Crippen LogP contribution in [0.1, 0.15) is 12.8 Å². The minimum Gasteiger partial charge on any atom is -0.308 e. The number of pyridine rings is 1. The average molecular weight is 333 g/mol. The van der Waals surface area contributed by atoms with E-state index in [0.29, 0.717) is 12.4 Å². The molecule has 6 heteroatoms. The number of benzene rings is 1. The highest BCUT2D eigenvalue weighted by Gasteiger charge is 2.15. The molecule has 0 spiro atoms. The molecule has 1 saturated heterocycles. The van der Waals surface area contributed by atoms with Crippen molar-refractivity contribution in [3.05, 3.63) is 48.8 Å². The summed E-state index contributed by atoms with van der Waals surface area (Å²) >= 11 is 0. The Hall–Kier alpha value is -2.86. The lowest BCUT2D eigenvalue weighted by Gasteiger charge is -2.13. The lowest BCUT2D eigenvalue weighted by molar-refractivity contribution is -0.117. The van der Waals surface area contributed by atoms with Crippen molar-refractivity contribution in [2.24, 2.45) is 0 Å². The topological polar surface area (TPSA) is 71.0 Å². The molecule has 25 heavy (non-hydrogen) atoms. The molecule has 0 unspecified atom stereocenters. The summed E-state index contributed by atoms with van der Waals surface area (Å²) in [6.45, 7) is 2.39. The number of rotatable bonds is 4. The maximum atomic E-state index is 12.2. The predicted molar refractivity (Wildman–Crippen MR) is 97.1 cm³/mol. The van der Waals surface area contributed by atoms with Crippen molar-refractivity contribution in [3.63, 3.8) is 0 Å². The Kier molecular flexibility index (Phi) is 4.35. The number of anilines is 1. The van der Waals surface area contributed by atoms with Gasteiger partial charge in [-0.25, -0.2) is 0 Å². The number of carbonyl (C=O) groups excluding carboxylic acids is 1. The van der Waals surface area contributed by atoms with Gasteiger partial charge in [-0.05, 0) is 55.8 Å². The normalized spacial score (nSPS) is 14.7. The molecule has 0 aliphatic carbocycles. The fraction of sp³-hybridized carbons (Fsp3) is 0.263. The Morgan fingerprint density at radius 1 is 1.08 bits per heavy atom. The molecule has 3 aromatic rings. The number of likely N-dealkylation sites (tertiary alicyclic amines) is 1. The third-order valence-corrected chi connectivity index (χ3v) is 4.41. The van der Waals surface area contributed by atoms with Crippen LogP contribution in [0.25, 0.3) is 22.0 Å². The summed E-state index contributed by atoms with van der Waals surface area (Å²) in [6.07, 6.45) is 5.92. The number of carbonyl (C=O) groups is 1. The van der Waals surface area contributed by atoms with Gasteiger partial charge in [-0.15, -0.1) is 10.2 Å². The van der Waals surface area contributed by atoms with E-state index in [2.05, 4.69) is 25.4 Å². The third kappa shape index (κ3) is 3.64. The number of amides is 1. The summed E-state index contributed by atoms with van der Waals surface area (Å²) in [5.41, 5.74) is 2.90. The van der Waals surface area contributed by atoms with Crippen molar-refractivity contribution in [2.45, 2.75) is 12.8 Å². The Balaban J connectivity index is 1.55. The van der Waals surface area contributed by atoms with Crippen LogP contribution in [0.2, 0.25) is 0 Å². The fourth-order valence-corrected chi connectivity index (χ4v) is 3.15. The molecule has 1 aromatic carbocycles. The summed E-state index contributed by atoms with van der Waals surface area (Å²) in [7, 11) is 0. The van der Waals surface area contributed by atoms with Gasteiger partial charge in [-0.2, -0.15) is 0 Å². The van der Waals surface area contributed by atoms with E-state index < -0.39 is 0 Å². The molecule has 0 atom stereocenters. The van der Waals surface area contributed by atoms with Gasteiger partial charge in [0.25, 0.3) is 0 Å². The SMILES string of the molecule is O=C(CN1CCCC1)Nc1cc2cc(-c3cccnc3)ccc2nn1. The summed E-state index contributed by atoms with van der Waals surface area (Å²) in [5, 5.41) is 12.1. The highest BCUT2D eigenvalue weighted by atomic mass is 16.2. The first kappa shape index (κ1) is 15.7. The standard InChI is InChI=1S/C19H19N5O/c25-19(13-24-8-1-2-9-24)21-18-11-16-10-14(5-6-17(16)22-23-18)15-4-3-7-20-12-15/h3-7,10-12H,1-2,8-9,13H2,(H,21,23,25). The van der Waals surface area contributed by atoms with Gasteiger partial charge >= 0.3 is 0 Å². The van der Waals surface area contributed by atoms with Gasteiger partial charge in [-0.3, -0.25) is 14.7 Å². The van der Waals surface area contributed by atoms with Gasteiger partial charge < -0.3 is 5.32 Å². The fourth-order valence-electron chi connectivity index (χ4n) is 3.15. The van der Waals surface area contributed by atoms with Gasteiger partial charge in [-0.1, -0.05) is 12.1 Å². The van der Waals surface area contributed by atoms with Gasteiger partial charge in [0, 0.05) is 23.3 Å². The number of fused-ring (bicyclic) bond motifs is 1. The minimum absolute atomic E-state index is 0.0426. The van der Waals surface area contributed by atoms with Crippen LogP contribution in [0.5, 0.6) is 0 Å². The van der Waals surface area contributed by atoms with E-state index in [1.54, 1.807) is 6.20 Å². The molecule has 3 heterocycles. The van der Waals surface area contributed by atoms with Crippen LogP contribution in [0.3, 0.4) is 0 Å². The largest absolute Gasteiger partial charge is 0.308 e. The molecule has 6 nitrogen and oxygen atoms in total. The lowest BCUT2D eigenvalue weighted by Crippen LogP contribution is -2.31. The molecule has 1 fully saturated rings. The Morgan fingerprint density at radius 3 is 2.76 bits per heavy atom. The Bertz CT molecular complexity index is 891. The highest BCUT2D eigenvalue weighted by Crippen LogP contribution is 2.23. The predicted octanol–water partition coefficient (Wildman–Crippen LogP) is 2.73. The molecule has 0 radical (unpaired) electrons. The highest BCUT2D eigenvalue weighted by molar-refractivity contribution is 5.93. The van der Waals surface area contributed by atoms with E-state index in [-0.39, 0.29) is 5.91 Å². The Morgan fingerprint density at radius 2 is 1.96 bits per heavy atom. The molecular formula is C19H19N5O. The molecular weight excluding hydrogens is 314 g/mol. The van der Waals surface area contributed by atoms with E-state index in [1.807, 2.05) is 42.6 Å². The quantitative estimate of drug-likeness (QED) is 0.795. The monoisotopic (exact) mass is 333 g/mol. The zero-order valence-electron chi connectivity index (χ0n) is 13.9. The summed E-state index contributed by atoms with van der Waals surface area (Å²) in [6, 6.07) is 11.8. The van der Waals surface area contributed by atoms with Crippen molar-refractivity contribution in [3.8, 4) is 11.1 Å². The first-order valence-electron chi connectivity index (χ1n) is 8.48. The smallest absolute Gasteiger partial charge is 0.239 e. The maximum Gasteiger partial charge on any atom is 0.239 e. The minimum atomic E-state index is -0.0426. The maximum absolute atomic E-state index is 12.2. The second kappa shape index (κ2) is 6.94. The van der Waals surface area contributed by atoms with Crippen LogP contribution in [-0.4, -0.2) is 45.6 Å². The zero-order valence-corrected chi connectivity index (χ0v) is 13.9. The van der Waals surface area contributed by atoms with Crippen molar-refractivity contribution in [1.29, 1.82) is 0 Å². The van der Waals surface area contributed by atoms with E-state index in [0.717, 1.165) is 35.1 Å². The van der Waals surface area contributed by atoms with Crippen LogP contribution >= 0.6 is 0 Å². The molecule has 1 aliphatic rings. The first-order valence-corrected chi connectivity index (χ1v) is 8.48. The summed E-state index contributed by atoms with van der Waals surface area (Å²) < 4.78 is 0. The number of nitrogens with one attached hydrogen (secondary N) is 1. The van der Waals surface area contributed by atoms with Crippen molar-refractivity contribution in [2.75, 3.05) is 25.0 Å². The van der Waals surface area contributed by atoms with E-state index >= 15 is 0 Å². The second-order valence-electron chi connectivity index (χ2n) is 6.28. The van der Waals surface area contributed by atoms with E-state index in [4.69, 9.17) is 0 Å². The number of nitrogens with zero attached hydrogens (tertiary/aromatic N) is 4.